The van der Waals surface area contributed by atoms with Crippen LogP contribution >= 0.6 is 11.6 Å². The van der Waals surface area contributed by atoms with Crippen molar-refractivity contribution in [1.82, 2.24) is 4.98 Å². The van der Waals surface area contributed by atoms with Crippen molar-refractivity contribution in [3.05, 3.63) is 46.5 Å². The number of anilines is 1. The minimum atomic E-state index is -3.59. The van der Waals surface area contributed by atoms with Crippen molar-refractivity contribution in [2.75, 3.05) is 23.7 Å². The summed E-state index contributed by atoms with van der Waals surface area (Å²) in [4.78, 5) is 16.4. The van der Waals surface area contributed by atoms with E-state index in [0.717, 1.165) is 34.9 Å². The second kappa shape index (κ2) is 9.96. The number of aryl methyl sites for hydroxylation is 1. The van der Waals surface area contributed by atoms with Gasteiger partial charge in [0, 0.05) is 34.5 Å². The van der Waals surface area contributed by atoms with Crippen LogP contribution in [-0.4, -0.2) is 38.8 Å². The van der Waals surface area contributed by atoms with Gasteiger partial charge in [0.15, 0.2) is 0 Å². The Bertz CT molecular complexity index is 1300. The van der Waals surface area contributed by atoms with Gasteiger partial charge in [-0.1, -0.05) is 11.6 Å². The Labute approximate surface area is 205 Å². The summed E-state index contributed by atoms with van der Waals surface area (Å²) >= 11 is 6.03. The number of ether oxygens (including phenoxy) is 1. The standard InChI is InChI=1S/C25H29ClN2O5S/c1-4-32-22(29)7-5-6-14-28(34(3,30)31)24-21(17-8-9-17)15-20-16(2)23(33-25(20)27-24)18-10-12-19(26)13-11-18/h10-13,15,17H,4-9,14H2,1-3H3. The number of unbranched alkanes of at least 4 members (excludes halogenated alkanes) is 1. The Hall–Kier alpha value is -2.58. The van der Waals surface area contributed by atoms with Gasteiger partial charge in [0.1, 0.15) is 11.6 Å². The zero-order valence-corrected chi connectivity index (χ0v) is 21.2. The van der Waals surface area contributed by atoms with Gasteiger partial charge in [0.05, 0.1) is 12.9 Å². The van der Waals surface area contributed by atoms with Crippen LogP contribution in [-0.2, 0) is 19.6 Å². The molecule has 4 rings (SSSR count). The highest BCUT2D eigenvalue weighted by molar-refractivity contribution is 7.92. The number of sulfonamides is 1. The SMILES string of the molecule is CCOC(=O)CCCCN(c1nc2oc(-c3ccc(Cl)cc3)c(C)c2cc1C1CC1)S(C)(=O)=O. The zero-order valence-electron chi connectivity index (χ0n) is 19.6. The highest BCUT2D eigenvalue weighted by Crippen LogP contribution is 2.46. The van der Waals surface area contributed by atoms with Gasteiger partial charge in [-0.05, 0) is 81.3 Å². The van der Waals surface area contributed by atoms with Gasteiger partial charge in [-0.3, -0.25) is 9.10 Å². The van der Waals surface area contributed by atoms with Crippen molar-refractivity contribution in [2.45, 2.75) is 51.9 Å². The summed E-state index contributed by atoms with van der Waals surface area (Å²) in [6, 6.07) is 9.42. The highest BCUT2D eigenvalue weighted by Gasteiger charge is 2.33. The summed E-state index contributed by atoms with van der Waals surface area (Å²) in [5, 5.41) is 1.52. The molecule has 0 unspecified atom stereocenters. The first-order valence-corrected chi connectivity index (χ1v) is 13.7. The maximum Gasteiger partial charge on any atom is 0.305 e. The average molecular weight is 505 g/mol. The van der Waals surface area contributed by atoms with Crippen LogP contribution in [0.15, 0.2) is 34.7 Å². The lowest BCUT2D eigenvalue weighted by Crippen LogP contribution is -2.32. The van der Waals surface area contributed by atoms with Crippen LogP contribution < -0.4 is 4.31 Å². The first-order valence-electron chi connectivity index (χ1n) is 11.5. The second-order valence-corrected chi connectivity index (χ2v) is 11.0. The number of aromatic nitrogens is 1. The lowest BCUT2D eigenvalue weighted by Gasteiger charge is -2.23. The molecule has 9 heteroatoms. The molecule has 2 aromatic heterocycles. The van der Waals surface area contributed by atoms with Crippen molar-refractivity contribution in [2.24, 2.45) is 0 Å². The molecule has 0 saturated heterocycles. The molecule has 0 amide bonds. The first kappa shape index (κ1) is 24.5. The van der Waals surface area contributed by atoms with Gasteiger partial charge < -0.3 is 9.15 Å². The van der Waals surface area contributed by atoms with Gasteiger partial charge in [0.25, 0.3) is 0 Å². The van der Waals surface area contributed by atoms with E-state index in [9.17, 15) is 13.2 Å². The fourth-order valence-electron chi connectivity index (χ4n) is 4.10. The summed E-state index contributed by atoms with van der Waals surface area (Å²) < 4.78 is 38.0. The molecular formula is C25H29ClN2O5S. The van der Waals surface area contributed by atoms with Crippen LogP contribution in [0.1, 0.15) is 56.1 Å². The fraction of sp³-hybridized carbons (Fsp3) is 0.440. The number of hydrogen-bond acceptors (Lipinski definition) is 6. The molecular weight excluding hydrogens is 476 g/mol. The smallest absolute Gasteiger partial charge is 0.305 e. The number of benzene rings is 1. The van der Waals surface area contributed by atoms with Crippen LogP contribution in [0, 0.1) is 6.92 Å². The summed E-state index contributed by atoms with van der Waals surface area (Å²) in [7, 11) is -3.59. The van der Waals surface area contributed by atoms with E-state index < -0.39 is 10.0 Å². The Morgan fingerprint density at radius 3 is 2.56 bits per heavy atom. The topological polar surface area (TPSA) is 89.7 Å². The number of furan rings is 1. The number of halogens is 1. The summed E-state index contributed by atoms with van der Waals surface area (Å²) in [6.45, 7) is 4.32. The third-order valence-corrected chi connectivity index (χ3v) is 7.40. The number of hydrogen-bond donors (Lipinski definition) is 0. The Balaban J connectivity index is 1.69. The minimum absolute atomic E-state index is 0.236. The Morgan fingerprint density at radius 1 is 1.24 bits per heavy atom. The molecule has 1 aliphatic rings. The highest BCUT2D eigenvalue weighted by atomic mass is 35.5. The number of rotatable bonds is 10. The van der Waals surface area contributed by atoms with Crippen LogP contribution in [0.2, 0.25) is 5.02 Å². The molecule has 7 nitrogen and oxygen atoms in total. The van der Waals surface area contributed by atoms with Crippen LogP contribution in [0.3, 0.4) is 0 Å². The maximum atomic E-state index is 12.8. The summed E-state index contributed by atoms with van der Waals surface area (Å²) in [5.74, 6) is 1.12. The molecule has 1 saturated carbocycles. The minimum Gasteiger partial charge on any atom is -0.466 e. The monoisotopic (exact) mass is 504 g/mol. The molecule has 1 fully saturated rings. The maximum absolute atomic E-state index is 12.8. The van der Waals surface area contributed by atoms with E-state index in [-0.39, 0.29) is 24.9 Å². The van der Waals surface area contributed by atoms with Crippen LogP contribution in [0.4, 0.5) is 5.82 Å². The lowest BCUT2D eigenvalue weighted by atomic mass is 10.0. The molecule has 182 valence electrons. The van der Waals surface area contributed by atoms with Crippen molar-refractivity contribution in [1.29, 1.82) is 0 Å². The summed E-state index contributed by atoms with van der Waals surface area (Å²) in [6.07, 6.45) is 4.50. The first-order chi connectivity index (χ1) is 16.2. The molecule has 34 heavy (non-hydrogen) atoms. The number of nitrogens with zero attached hydrogens (tertiary/aromatic N) is 2. The Kier molecular flexibility index (Phi) is 7.19. The molecule has 1 aliphatic carbocycles. The largest absolute Gasteiger partial charge is 0.466 e. The molecule has 0 aliphatic heterocycles. The van der Waals surface area contributed by atoms with Gasteiger partial charge >= 0.3 is 5.97 Å². The average Bonchev–Trinajstić information content (AvgIpc) is 3.57. The van der Waals surface area contributed by atoms with E-state index in [0.29, 0.717) is 41.8 Å². The molecule has 3 aromatic rings. The molecule has 1 aromatic carbocycles. The Morgan fingerprint density at radius 2 is 1.94 bits per heavy atom. The summed E-state index contributed by atoms with van der Waals surface area (Å²) in [5.41, 5.74) is 3.17. The van der Waals surface area contributed by atoms with Crippen LogP contribution in [0.25, 0.3) is 22.4 Å². The van der Waals surface area contributed by atoms with E-state index in [4.69, 9.17) is 25.7 Å². The second-order valence-electron chi connectivity index (χ2n) is 8.69. The van der Waals surface area contributed by atoms with Gasteiger partial charge in [-0.2, -0.15) is 4.98 Å². The van der Waals surface area contributed by atoms with Gasteiger partial charge in [0.2, 0.25) is 15.7 Å². The number of fused-ring (bicyclic) bond motifs is 1. The number of carbonyl (C=O) groups excluding carboxylic acids is 1. The van der Waals surface area contributed by atoms with E-state index in [2.05, 4.69) is 0 Å². The van der Waals surface area contributed by atoms with Crippen molar-refractivity contribution in [3.8, 4) is 11.3 Å². The zero-order chi connectivity index (χ0) is 24.5. The normalized spacial score (nSPS) is 13.9. The quantitative estimate of drug-likeness (QED) is 0.255. The van der Waals surface area contributed by atoms with Gasteiger partial charge in [-0.25, -0.2) is 8.42 Å². The number of carbonyl (C=O) groups is 1. The lowest BCUT2D eigenvalue weighted by molar-refractivity contribution is -0.143. The van der Waals surface area contributed by atoms with Crippen molar-refractivity contribution in [3.63, 3.8) is 0 Å². The molecule has 2 heterocycles. The number of pyridine rings is 1. The van der Waals surface area contributed by atoms with E-state index in [1.165, 1.54) is 10.6 Å². The predicted molar refractivity (Wildman–Crippen MR) is 134 cm³/mol. The van der Waals surface area contributed by atoms with E-state index in [1.54, 1.807) is 19.1 Å². The number of esters is 1. The molecule has 0 spiro atoms. The van der Waals surface area contributed by atoms with Crippen molar-refractivity contribution >= 4 is 44.5 Å². The third kappa shape index (κ3) is 5.39. The van der Waals surface area contributed by atoms with Gasteiger partial charge in [-0.15, -0.1) is 0 Å². The van der Waals surface area contributed by atoms with Crippen molar-refractivity contribution < 1.29 is 22.4 Å². The molecule has 0 N–H and O–H groups in total. The fourth-order valence-corrected chi connectivity index (χ4v) is 5.15. The van der Waals surface area contributed by atoms with E-state index >= 15 is 0 Å². The predicted octanol–water partition coefficient (Wildman–Crippen LogP) is 5.83. The third-order valence-electron chi connectivity index (χ3n) is 6.00. The molecule has 0 radical (unpaired) electrons. The molecule has 0 atom stereocenters. The van der Waals surface area contributed by atoms with E-state index in [1.807, 2.05) is 25.1 Å². The van der Waals surface area contributed by atoms with Crippen LogP contribution in [0.5, 0.6) is 0 Å². The molecule has 0 bridgehead atoms.